The summed E-state index contributed by atoms with van der Waals surface area (Å²) in [5.74, 6) is -0.379. The Labute approximate surface area is 236 Å². The monoisotopic (exact) mass is 590 g/mol. The van der Waals surface area contributed by atoms with E-state index in [9.17, 15) is 18.0 Å². The molecule has 7 N–H and O–H groups in total. The number of carbonyl (C=O) groups excluding carboxylic acids is 2. The zero-order valence-electron chi connectivity index (χ0n) is 21.7. The number of halogens is 1. The number of aromatic nitrogens is 2. The number of nitrogens with zero attached hydrogens (tertiary/aromatic N) is 3. The molecule has 3 fully saturated rings. The van der Waals surface area contributed by atoms with Gasteiger partial charge >= 0.3 is 0 Å². The van der Waals surface area contributed by atoms with Crippen molar-refractivity contribution in [2.24, 2.45) is 0 Å². The number of piperidine rings is 1. The van der Waals surface area contributed by atoms with Crippen molar-refractivity contribution in [3.63, 3.8) is 0 Å². The largest absolute Gasteiger partial charge is 0.382 e. The molecule has 1 atom stereocenters. The highest BCUT2D eigenvalue weighted by Gasteiger charge is 2.40. The number of hydrogen-bond acceptors (Lipinski definition) is 11. The highest BCUT2D eigenvalue weighted by molar-refractivity contribution is 7.89. The highest BCUT2D eigenvalue weighted by atomic mass is 35.5. The number of anilines is 2. The van der Waals surface area contributed by atoms with Crippen LogP contribution in [-0.4, -0.2) is 79.4 Å². The lowest BCUT2D eigenvalue weighted by molar-refractivity contribution is 0.0666. The van der Waals surface area contributed by atoms with Gasteiger partial charge in [-0.1, -0.05) is 17.7 Å². The van der Waals surface area contributed by atoms with Gasteiger partial charge in [0.1, 0.15) is 5.82 Å². The van der Waals surface area contributed by atoms with Crippen LogP contribution in [0.5, 0.6) is 0 Å². The summed E-state index contributed by atoms with van der Waals surface area (Å²) < 4.78 is 33.7. The van der Waals surface area contributed by atoms with Crippen LogP contribution in [0.4, 0.5) is 11.6 Å². The van der Waals surface area contributed by atoms with Crippen LogP contribution in [0.25, 0.3) is 0 Å². The number of sulfonamides is 1. The predicted molar refractivity (Wildman–Crippen MR) is 148 cm³/mol. The number of benzene rings is 1. The maximum atomic E-state index is 13.3. The minimum atomic E-state index is -3.78. The molecule has 15 heteroatoms. The summed E-state index contributed by atoms with van der Waals surface area (Å²) in [5, 5.41) is 6.45. The molecule has 0 bridgehead atoms. The molecule has 2 aromatic rings. The maximum absolute atomic E-state index is 13.3. The van der Waals surface area contributed by atoms with Crippen molar-refractivity contribution in [3.05, 3.63) is 52.6 Å². The van der Waals surface area contributed by atoms with Crippen molar-refractivity contribution in [1.82, 2.24) is 30.2 Å². The molecule has 0 radical (unpaired) electrons. The van der Waals surface area contributed by atoms with E-state index < -0.39 is 15.8 Å². The Hall–Kier alpha value is -3.46. The minimum Gasteiger partial charge on any atom is -0.382 e. The number of nitrogens with two attached hydrogens (primary N) is 2. The fourth-order valence-corrected chi connectivity index (χ4v) is 6.30. The molecule has 3 saturated heterocycles. The zero-order chi connectivity index (χ0) is 28.5. The molecule has 0 aliphatic carbocycles. The second-order valence-corrected chi connectivity index (χ2v) is 12.2. The number of nitrogens with one attached hydrogen (secondary N) is 3. The van der Waals surface area contributed by atoms with Crippen LogP contribution < -0.4 is 26.8 Å². The Morgan fingerprint density at radius 1 is 1.23 bits per heavy atom. The van der Waals surface area contributed by atoms with E-state index in [4.69, 9.17) is 27.8 Å². The molecule has 13 nitrogen and oxygen atoms in total. The van der Waals surface area contributed by atoms with Crippen molar-refractivity contribution in [3.8, 4) is 0 Å². The normalized spacial score (nSPS) is 21.4. The zero-order valence-corrected chi connectivity index (χ0v) is 23.2. The number of rotatable bonds is 7. The fourth-order valence-electron chi connectivity index (χ4n) is 5.06. The molecular formula is C25H31ClN8O5S. The van der Waals surface area contributed by atoms with E-state index in [1.807, 2.05) is 0 Å². The molecule has 5 rings (SSSR count). The first-order chi connectivity index (χ1) is 19.1. The van der Waals surface area contributed by atoms with Gasteiger partial charge in [0.25, 0.3) is 5.91 Å². The van der Waals surface area contributed by atoms with Gasteiger partial charge in [-0.2, -0.15) is 0 Å². The Morgan fingerprint density at radius 2 is 2.00 bits per heavy atom. The average molecular weight is 591 g/mol. The molecule has 0 saturated carbocycles. The third kappa shape index (κ3) is 5.99. The fraction of sp³-hybridized carbons (Fsp3) is 0.440. The summed E-state index contributed by atoms with van der Waals surface area (Å²) in [6.07, 6.45) is 4.18. The van der Waals surface area contributed by atoms with Gasteiger partial charge in [0.2, 0.25) is 15.8 Å². The van der Waals surface area contributed by atoms with E-state index in [0.717, 1.165) is 12.8 Å². The van der Waals surface area contributed by atoms with Gasteiger partial charge in [0.15, 0.2) is 22.5 Å². The van der Waals surface area contributed by atoms with E-state index in [0.29, 0.717) is 50.5 Å². The number of ketones is 1. The number of likely N-dealkylation sites (tertiary alicyclic amines) is 1. The van der Waals surface area contributed by atoms with Crippen LogP contribution in [0.15, 0.2) is 41.1 Å². The molecular weight excluding hydrogens is 560 g/mol. The molecule has 3 aliphatic heterocycles. The number of allylic oxidation sites excluding steroid dienone is 1. The van der Waals surface area contributed by atoms with E-state index in [2.05, 4.69) is 25.3 Å². The Bertz CT molecular complexity index is 1450. The van der Waals surface area contributed by atoms with E-state index in [1.54, 1.807) is 17.0 Å². The third-order valence-corrected chi connectivity index (χ3v) is 9.05. The molecule has 1 amide bonds. The van der Waals surface area contributed by atoms with E-state index >= 15 is 0 Å². The van der Waals surface area contributed by atoms with Crippen molar-refractivity contribution >= 4 is 45.0 Å². The minimum absolute atomic E-state index is 0.0404. The smallest absolute Gasteiger partial charge is 0.253 e. The predicted octanol–water partition coefficient (Wildman–Crippen LogP) is 0.644. The summed E-state index contributed by atoms with van der Waals surface area (Å²) in [4.78, 5) is 35.5. The van der Waals surface area contributed by atoms with Gasteiger partial charge in [0.05, 0.1) is 16.5 Å². The second-order valence-electron chi connectivity index (χ2n) is 10.1. The van der Waals surface area contributed by atoms with Crippen molar-refractivity contribution < 1.29 is 22.7 Å². The quantitative estimate of drug-likeness (QED) is 0.224. The summed E-state index contributed by atoms with van der Waals surface area (Å²) in [6.45, 7) is 2.30. The highest BCUT2D eigenvalue weighted by Crippen LogP contribution is 2.28. The lowest BCUT2D eigenvalue weighted by atomic mass is 9.88. The van der Waals surface area contributed by atoms with Gasteiger partial charge in [-0.15, -0.1) is 0 Å². The molecule has 1 unspecified atom stereocenters. The lowest BCUT2D eigenvalue weighted by Gasteiger charge is -2.39. The number of ether oxygens (including phenoxy) is 1. The van der Waals surface area contributed by atoms with Crippen LogP contribution in [0, 0.1) is 0 Å². The van der Waals surface area contributed by atoms with Crippen molar-refractivity contribution in [2.75, 3.05) is 44.3 Å². The van der Waals surface area contributed by atoms with Crippen LogP contribution >= 0.6 is 11.6 Å². The summed E-state index contributed by atoms with van der Waals surface area (Å²) >= 11 is 5.89. The van der Waals surface area contributed by atoms with Crippen molar-refractivity contribution in [1.29, 1.82) is 0 Å². The SMILES string of the molecule is Nc1nc(N)c(C(=O)/C=C2\NCC3(CCN(C(=O)c4cccc(S(=O)(=O)NCC5CCCO5)c4)CC3)N2)nc1Cl. The second kappa shape index (κ2) is 11.2. The van der Waals surface area contributed by atoms with Crippen LogP contribution in [0.3, 0.4) is 0 Å². The number of nitrogen functional groups attached to an aromatic ring is 2. The summed E-state index contributed by atoms with van der Waals surface area (Å²) in [7, 11) is -3.78. The number of hydrogen-bond donors (Lipinski definition) is 5. The first kappa shape index (κ1) is 28.1. The van der Waals surface area contributed by atoms with Gasteiger partial charge in [-0.3, -0.25) is 9.59 Å². The topological polar surface area (TPSA) is 195 Å². The first-order valence-electron chi connectivity index (χ1n) is 12.9. The van der Waals surface area contributed by atoms with Gasteiger partial charge in [-0.25, -0.2) is 23.1 Å². The molecule has 214 valence electrons. The van der Waals surface area contributed by atoms with Crippen LogP contribution in [0.2, 0.25) is 5.15 Å². The van der Waals surface area contributed by atoms with Crippen molar-refractivity contribution in [2.45, 2.75) is 42.2 Å². The standard InChI is InChI=1S/C25H31ClN8O5S/c26-21-23(28)32-22(27)20(31-21)18(35)12-19-29-14-25(33-19)6-8-34(9-7-25)24(36)15-3-1-5-17(11-15)40(37,38)30-13-16-4-2-10-39-16/h1,3,5,11-12,16,29-30,33H,2,4,6-10,13-14H2,(H4,27,28,32)/b19-12+. The molecule has 1 spiro atoms. The first-order valence-corrected chi connectivity index (χ1v) is 14.8. The molecule has 4 heterocycles. The molecule has 1 aromatic heterocycles. The lowest BCUT2D eigenvalue weighted by Crippen LogP contribution is -2.53. The van der Waals surface area contributed by atoms with Gasteiger partial charge in [-0.05, 0) is 43.9 Å². The maximum Gasteiger partial charge on any atom is 0.253 e. The summed E-state index contributed by atoms with van der Waals surface area (Å²) in [6, 6.07) is 6.07. The molecule has 3 aliphatic rings. The van der Waals surface area contributed by atoms with E-state index in [-0.39, 0.29) is 51.5 Å². The Morgan fingerprint density at radius 3 is 2.73 bits per heavy atom. The molecule has 40 heavy (non-hydrogen) atoms. The van der Waals surface area contributed by atoms with E-state index in [1.165, 1.54) is 18.2 Å². The van der Waals surface area contributed by atoms with Crippen LogP contribution in [0.1, 0.15) is 46.5 Å². The Kier molecular flexibility index (Phi) is 7.86. The van der Waals surface area contributed by atoms with Gasteiger partial charge < -0.3 is 31.7 Å². The summed E-state index contributed by atoms with van der Waals surface area (Å²) in [5.41, 5.74) is 11.2. The number of amides is 1. The van der Waals surface area contributed by atoms with Crippen LogP contribution in [-0.2, 0) is 14.8 Å². The molecule has 1 aromatic carbocycles. The Balaban J connectivity index is 1.19. The number of carbonyl (C=O) groups is 2. The third-order valence-electron chi connectivity index (χ3n) is 7.35. The average Bonchev–Trinajstić information content (AvgIpc) is 3.60. The van der Waals surface area contributed by atoms with Gasteiger partial charge in [0, 0.05) is 44.4 Å².